The van der Waals surface area contributed by atoms with Crippen LogP contribution in [0.3, 0.4) is 0 Å². The fraction of sp³-hybridized carbons (Fsp3) is 0. The summed E-state index contributed by atoms with van der Waals surface area (Å²) in [5, 5.41) is 4.85. The van der Waals surface area contributed by atoms with Gasteiger partial charge in [0.1, 0.15) is 0 Å². The third-order valence-electron chi connectivity index (χ3n) is 12.5. The Morgan fingerprint density at radius 2 is 0.778 bits per heavy atom. The monoisotopic (exact) mass is 803 g/mol. The molecule has 63 heavy (non-hydrogen) atoms. The SMILES string of the molecule is c1ccc(-c2ccc(N(c3ccc4c5ccccc5n(-c5ccccc5)c4c3)c3cccc4c3c3ccccc3n4-c3ccc(-c4ccccc4)c(-c4ccccc4)c3)cc2)cc1. The molecule has 296 valence electrons. The van der Waals surface area contributed by atoms with Gasteiger partial charge in [0.15, 0.2) is 0 Å². The van der Waals surface area contributed by atoms with Gasteiger partial charge in [0, 0.05) is 44.3 Å². The number of rotatable bonds is 8. The molecule has 3 nitrogen and oxygen atoms in total. The van der Waals surface area contributed by atoms with Crippen LogP contribution in [0.4, 0.5) is 17.1 Å². The van der Waals surface area contributed by atoms with Crippen molar-refractivity contribution >= 4 is 60.7 Å². The van der Waals surface area contributed by atoms with E-state index in [9.17, 15) is 0 Å². The third-order valence-corrected chi connectivity index (χ3v) is 12.5. The molecule has 0 radical (unpaired) electrons. The highest BCUT2D eigenvalue weighted by molar-refractivity contribution is 6.17. The fourth-order valence-electron chi connectivity index (χ4n) is 9.68. The van der Waals surface area contributed by atoms with Crippen molar-refractivity contribution in [3.8, 4) is 44.8 Å². The highest BCUT2D eigenvalue weighted by Crippen LogP contribution is 2.46. The molecule has 0 amide bonds. The van der Waals surface area contributed by atoms with Crippen LogP contribution in [0.5, 0.6) is 0 Å². The molecule has 0 N–H and O–H groups in total. The normalized spacial score (nSPS) is 11.5. The van der Waals surface area contributed by atoms with Crippen molar-refractivity contribution in [2.75, 3.05) is 4.90 Å². The largest absolute Gasteiger partial charge is 0.310 e. The summed E-state index contributed by atoms with van der Waals surface area (Å²) in [5.74, 6) is 0. The maximum absolute atomic E-state index is 2.45. The second-order valence-electron chi connectivity index (χ2n) is 16.1. The van der Waals surface area contributed by atoms with E-state index >= 15 is 0 Å². The van der Waals surface area contributed by atoms with E-state index in [1.54, 1.807) is 0 Å². The average Bonchev–Trinajstić information content (AvgIpc) is 3.88. The molecule has 0 fully saturated rings. The molecule has 0 bridgehead atoms. The molecule has 3 heteroatoms. The molecule has 10 aromatic carbocycles. The standard InChI is InChI=1S/C60H41N3/c1-5-18-42(19-6-1)43-32-34-47(35-33-43)61(49-37-39-52-51-26-13-15-28-55(51)62(59(52)41-49)46-24-11-4-12-25-46)57-30-17-31-58-60(57)53-27-14-16-29-56(53)63(58)48-36-38-50(44-20-7-2-8-21-44)54(40-48)45-22-9-3-10-23-45/h1-41H. The molecular formula is C60H41N3. The smallest absolute Gasteiger partial charge is 0.0562 e. The van der Waals surface area contributed by atoms with Crippen molar-refractivity contribution in [1.29, 1.82) is 0 Å². The molecule has 2 aromatic heterocycles. The van der Waals surface area contributed by atoms with Gasteiger partial charge in [-0.1, -0.05) is 176 Å². The molecule has 0 spiro atoms. The van der Waals surface area contributed by atoms with Gasteiger partial charge in [-0.2, -0.15) is 0 Å². The summed E-state index contributed by atoms with van der Waals surface area (Å²) in [6, 6.07) is 90.2. The van der Waals surface area contributed by atoms with Crippen molar-refractivity contribution in [3.05, 3.63) is 249 Å². The van der Waals surface area contributed by atoms with Crippen LogP contribution in [0.2, 0.25) is 0 Å². The molecule has 0 saturated carbocycles. The lowest BCUT2D eigenvalue weighted by Crippen LogP contribution is -2.10. The van der Waals surface area contributed by atoms with E-state index in [1.807, 2.05) is 0 Å². The van der Waals surface area contributed by atoms with Crippen molar-refractivity contribution in [3.63, 3.8) is 0 Å². The summed E-state index contributed by atoms with van der Waals surface area (Å²) >= 11 is 0. The number of para-hydroxylation sites is 3. The summed E-state index contributed by atoms with van der Waals surface area (Å²) in [6.45, 7) is 0. The van der Waals surface area contributed by atoms with Gasteiger partial charge in [0.05, 0.1) is 27.8 Å². The number of fused-ring (bicyclic) bond motifs is 6. The van der Waals surface area contributed by atoms with Gasteiger partial charge in [-0.3, -0.25) is 0 Å². The Morgan fingerprint density at radius 3 is 1.48 bits per heavy atom. The number of benzene rings is 10. The molecule has 12 aromatic rings. The Hall–Kier alpha value is -8.40. The van der Waals surface area contributed by atoms with Crippen molar-refractivity contribution in [1.82, 2.24) is 9.13 Å². The fourth-order valence-corrected chi connectivity index (χ4v) is 9.68. The topological polar surface area (TPSA) is 13.1 Å². The number of nitrogens with zero attached hydrogens (tertiary/aromatic N) is 3. The van der Waals surface area contributed by atoms with Crippen LogP contribution in [0, 0.1) is 0 Å². The maximum atomic E-state index is 2.45. The van der Waals surface area contributed by atoms with Gasteiger partial charge >= 0.3 is 0 Å². The number of aromatic nitrogens is 2. The quantitative estimate of drug-likeness (QED) is 0.149. The summed E-state index contributed by atoms with van der Waals surface area (Å²) < 4.78 is 4.85. The number of anilines is 3. The highest BCUT2D eigenvalue weighted by atomic mass is 15.2. The summed E-state index contributed by atoms with van der Waals surface area (Å²) in [7, 11) is 0. The van der Waals surface area contributed by atoms with E-state index in [1.165, 1.54) is 60.4 Å². The van der Waals surface area contributed by atoms with E-state index in [-0.39, 0.29) is 0 Å². The second kappa shape index (κ2) is 15.3. The molecule has 0 aliphatic rings. The van der Waals surface area contributed by atoms with Gasteiger partial charge in [-0.05, 0) is 106 Å². The van der Waals surface area contributed by atoms with Crippen LogP contribution in [0.1, 0.15) is 0 Å². The van der Waals surface area contributed by atoms with Crippen molar-refractivity contribution in [2.45, 2.75) is 0 Å². The predicted molar refractivity (Wildman–Crippen MR) is 266 cm³/mol. The van der Waals surface area contributed by atoms with Crippen LogP contribution in [-0.2, 0) is 0 Å². The third kappa shape index (κ3) is 6.21. The van der Waals surface area contributed by atoms with Crippen molar-refractivity contribution in [2.24, 2.45) is 0 Å². The molecule has 12 rings (SSSR count). The highest BCUT2D eigenvalue weighted by Gasteiger charge is 2.23. The van der Waals surface area contributed by atoms with Gasteiger partial charge < -0.3 is 14.0 Å². The van der Waals surface area contributed by atoms with Gasteiger partial charge in [0.25, 0.3) is 0 Å². The number of hydrogen-bond acceptors (Lipinski definition) is 1. The van der Waals surface area contributed by atoms with E-state index < -0.39 is 0 Å². The first-order valence-electron chi connectivity index (χ1n) is 21.6. The van der Waals surface area contributed by atoms with Gasteiger partial charge in [-0.25, -0.2) is 0 Å². The Labute approximate surface area is 366 Å². The Balaban J connectivity index is 1.11. The Bertz CT molecular complexity index is 3590. The summed E-state index contributed by atoms with van der Waals surface area (Å²) in [6.07, 6.45) is 0. The summed E-state index contributed by atoms with van der Waals surface area (Å²) in [5.41, 5.74) is 17.4. The first-order chi connectivity index (χ1) is 31.3. The second-order valence-corrected chi connectivity index (χ2v) is 16.1. The first kappa shape index (κ1) is 36.5. The number of hydrogen-bond donors (Lipinski definition) is 0. The lowest BCUT2D eigenvalue weighted by Gasteiger charge is -2.27. The molecule has 0 aliphatic heterocycles. The molecule has 0 saturated heterocycles. The predicted octanol–water partition coefficient (Wildman–Crippen LogP) is 16.4. The molecule has 0 aliphatic carbocycles. The maximum Gasteiger partial charge on any atom is 0.0562 e. The minimum absolute atomic E-state index is 1.08. The lowest BCUT2D eigenvalue weighted by molar-refractivity contribution is 1.18. The Morgan fingerprint density at radius 1 is 0.270 bits per heavy atom. The Kier molecular flexibility index (Phi) is 8.83. The minimum atomic E-state index is 1.08. The molecule has 0 unspecified atom stereocenters. The molecule has 0 atom stereocenters. The van der Waals surface area contributed by atoms with E-state index in [4.69, 9.17) is 0 Å². The average molecular weight is 804 g/mol. The van der Waals surface area contributed by atoms with E-state index in [2.05, 4.69) is 263 Å². The van der Waals surface area contributed by atoms with Crippen LogP contribution in [0.25, 0.3) is 88.4 Å². The first-order valence-corrected chi connectivity index (χ1v) is 21.6. The summed E-state index contributed by atoms with van der Waals surface area (Å²) in [4.78, 5) is 2.45. The van der Waals surface area contributed by atoms with Gasteiger partial charge in [-0.15, -0.1) is 0 Å². The van der Waals surface area contributed by atoms with Crippen molar-refractivity contribution < 1.29 is 0 Å². The van der Waals surface area contributed by atoms with Gasteiger partial charge in [0.2, 0.25) is 0 Å². The van der Waals surface area contributed by atoms with Crippen LogP contribution >= 0.6 is 0 Å². The van der Waals surface area contributed by atoms with E-state index in [0.717, 1.165) is 45.0 Å². The lowest BCUT2D eigenvalue weighted by atomic mass is 9.94. The zero-order valence-electron chi connectivity index (χ0n) is 34.5. The zero-order valence-corrected chi connectivity index (χ0v) is 34.5. The molecular weight excluding hydrogens is 763 g/mol. The van der Waals surface area contributed by atoms with Crippen LogP contribution in [-0.4, -0.2) is 9.13 Å². The molecule has 2 heterocycles. The van der Waals surface area contributed by atoms with Crippen LogP contribution < -0.4 is 4.90 Å². The van der Waals surface area contributed by atoms with Crippen LogP contribution in [0.15, 0.2) is 249 Å². The zero-order chi connectivity index (χ0) is 41.7. The van der Waals surface area contributed by atoms with E-state index in [0.29, 0.717) is 0 Å². The minimum Gasteiger partial charge on any atom is -0.310 e.